The predicted octanol–water partition coefficient (Wildman–Crippen LogP) is 3.19. The van der Waals surface area contributed by atoms with Gasteiger partial charge in [0.1, 0.15) is 0 Å². The van der Waals surface area contributed by atoms with Gasteiger partial charge in [-0.3, -0.25) is 4.98 Å². The number of hydrogen-bond acceptors (Lipinski definition) is 3. The maximum Gasteiger partial charge on any atom is 0.497 e. The molecule has 1 aliphatic rings. The molecule has 3 rings (SSSR count). The Labute approximate surface area is 124 Å². The lowest BCUT2D eigenvalue weighted by Crippen LogP contribution is -2.41. The van der Waals surface area contributed by atoms with E-state index >= 15 is 0 Å². The Kier molecular flexibility index (Phi) is 3.09. The third kappa shape index (κ3) is 2.12. The molecule has 0 saturated carbocycles. The minimum absolute atomic E-state index is 0.355. The van der Waals surface area contributed by atoms with Crippen LogP contribution in [0, 0.1) is 0 Å². The molecule has 0 radical (unpaired) electrons. The first-order valence-electron chi connectivity index (χ1n) is 6.69. The van der Waals surface area contributed by atoms with Crippen LogP contribution in [0.15, 0.2) is 30.6 Å². The molecule has 0 atom stereocenters. The van der Waals surface area contributed by atoms with Crippen LogP contribution in [0.5, 0.6) is 0 Å². The lowest BCUT2D eigenvalue weighted by molar-refractivity contribution is 0.00578. The average Bonchev–Trinajstić information content (AvgIpc) is 2.57. The summed E-state index contributed by atoms with van der Waals surface area (Å²) in [5, 5.41) is 2.75. The van der Waals surface area contributed by atoms with Crippen molar-refractivity contribution in [3.8, 4) is 0 Å². The summed E-state index contributed by atoms with van der Waals surface area (Å²) in [6, 6.07) is 5.76. The molecule has 1 saturated heterocycles. The summed E-state index contributed by atoms with van der Waals surface area (Å²) in [5.74, 6) is 0. The first kappa shape index (κ1) is 13.9. The summed E-state index contributed by atoms with van der Waals surface area (Å²) in [4.78, 5) is 4.28. The van der Waals surface area contributed by atoms with Crippen molar-refractivity contribution in [3.05, 3.63) is 35.6 Å². The highest BCUT2D eigenvalue weighted by Gasteiger charge is 2.52. The van der Waals surface area contributed by atoms with Crippen molar-refractivity contribution < 1.29 is 9.31 Å². The number of nitrogens with zero attached hydrogens (tertiary/aromatic N) is 1. The Bertz CT molecular complexity index is 656. The highest BCUT2D eigenvalue weighted by molar-refractivity contribution is 6.65. The molecule has 3 nitrogen and oxygen atoms in total. The number of rotatable bonds is 1. The van der Waals surface area contributed by atoms with Crippen molar-refractivity contribution in [1.82, 2.24) is 4.98 Å². The Morgan fingerprint density at radius 2 is 1.70 bits per heavy atom. The molecule has 0 N–H and O–H groups in total. The van der Waals surface area contributed by atoms with Crippen molar-refractivity contribution >= 4 is 35.0 Å². The van der Waals surface area contributed by atoms with Gasteiger partial charge >= 0.3 is 7.12 Å². The molecule has 104 valence electrons. The van der Waals surface area contributed by atoms with Gasteiger partial charge in [0, 0.05) is 28.3 Å². The number of pyridine rings is 1. The van der Waals surface area contributed by atoms with Gasteiger partial charge < -0.3 is 9.31 Å². The number of halogens is 1. The highest BCUT2D eigenvalue weighted by Crippen LogP contribution is 2.37. The van der Waals surface area contributed by atoms with Crippen LogP contribution in [0.3, 0.4) is 0 Å². The lowest BCUT2D eigenvalue weighted by Gasteiger charge is -2.32. The van der Waals surface area contributed by atoms with E-state index in [0.29, 0.717) is 5.02 Å². The fourth-order valence-corrected chi connectivity index (χ4v) is 2.51. The third-order valence-electron chi connectivity index (χ3n) is 4.26. The van der Waals surface area contributed by atoms with Crippen molar-refractivity contribution in [2.75, 3.05) is 0 Å². The molecule has 1 aromatic carbocycles. The van der Waals surface area contributed by atoms with Crippen LogP contribution in [0.25, 0.3) is 10.8 Å². The van der Waals surface area contributed by atoms with Crippen molar-refractivity contribution in [2.24, 2.45) is 0 Å². The molecule has 0 unspecified atom stereocenters. The van der Waals surface area contributed by atoms with E-state index in [1.165, 1.54) is 0 Å². The van der Waals surface area contributed by atoms with Gasteiger partial charge in [-0.2, -0.15) is 0 Å². The predicted molar refractivity (Wildman–Crippen MR) is 82.5 cm³/mol. The third-order valence-corrected chi connectivity index (χ3v) is 4.49. The van der Waals surface area contributed by atoms with Crippen LogP contribution < -0.4 is 5.46 Å². The van der Waals surface area contributed by atoms with E-state index in [0.717, 1.165) is 16.2 Å². The molecular weight excluding hydrogens is 272 g/mol. The quantitative estimate of drug-likeness (QED) is 0.756. The Morgan fingerprint density at radius 3 is 2.35 bits per heavy atom. The highest BCUT2D eigenvalue weighted by atomic mass is 35.5. The first-order valence-corrected chi connectivity index (χ1v) is 7.07. The largest absolute Gasteiger partial charge is 0.497 e. The van der Waals surface area contributed by atoms with Crippen LogP contribution in [-0.2, 0) is 9.31 Å². The van der Waals surface area contributed by atoms with Crippen molar-refractivity contribution in [2.45, 2.75) is 38.9 Å². The zero-order valence-corrected chi connectivity index (χ0v) is 12.9. The molecule has 0 amide bonds. The molecule has 0 bridgehead atoms. The maximum atomic E-state index is 6.09. The second-order valence-electron chi connectivity index (χ2n) is 6.18. The van der Waals surface area contributed by atoms with Gasteiger partial charge in [0.15, 0.2) is 0 Å². The van der Waals surface area contributed by atoms with Crippen LogP contribution in [0.2, 0.25) is 5.02 Å². The van der Waals surface area contributed by atoms with Crippen molar-refractivity contribution in [3.63, 3.8) is 0 Å². The van der Waals surface area contributed by atoms with Gasteiger partial charge in [-0.25, -0.2) is 0 Å². The van der Waals surface area contributed by atoms with E-state index in [-0.39, 0.29) is 11.2 Å². The molecule has 5 heteroatoms. The van der Waals surface area contributed by atoms with Gasteiger partial charge in [0.05, 0.1) is 11.2 Å². The van der Waals surface area contributed by atoms with Gasteiger partial charge in [0.25, 0.3) is 0 Å². The number of benzene rings is 1. The van der Waals surface area contributed by atoms with E-state index in [1.54, 1.807) is 12.4 Å². The minimum Gasteiger partial charge on any atom is -0.399 e. The molecule has 2 heterocycles. The zero-order valence-electron chi connectivity index (χ0n) is 12.1. The molecule has 1 aliphatic heterocycles. The van der Waals surface area contributed by atoms with E-state index in [1.807, 2.05) is 45.9 Å². The smallest absolute Gasteiger partial charge is 0.399 e. The molecule has 1 fully saturated rings. The number of aromatic nitrogens is 1. The van der Waals surface area contributed by atoms with Crippen LogP contribution >= 0.6 is 11.6 Å². The minimum atomic E-state index is -0.405. The first-order chi connectivity index (χ1) is 9.30. The van der Waals surface area contributed by atoms with Gasteiger partial charge in [-0.1, -0.05) is 17.7 Å². The molecular formula is C15H17BClNO2. The Morgan fingerprint density at radius 1 is 1.05 bits per heavy atom. The van der Waals surface area contributed by atoms with Gasteiger partial charge in [-0.05, 0) is 45.2 Å². The number of fused-ring (bicyclic) bond motifs is 1. The molecule has 0 spiro atoms. The number of hydrogen-bond donors (Lipinski definition) is 0. The molecule has 0 aliphatic carbocycles. The Balaban J connectivity index is 2.08. The molecule has 20 heavy (non-hydrogen) atoms. The summed E-state index contributed by atoms with van der Waals surface area (Å²) in [7, 11) is -0.405. The van der Waals surface area contributed by atoms with Gasteiger partial charge in [-0.15, -0.1) is 0 Å². The van der Waals surface area contributed by atoms with Crippen LogP contribution in [0.1, 0.15) is 27.7 Å². The van der Waals surface area contributed by atoms with Crippen molar-refractivity contribution in [1.29, 1.82) is 0 Å². The zero-order chi connectivity index (χ0) is 14.5. The van der Waals surface area contributed by atoms with E-state index < -0.39 is 7.12 Å². The van der Waals surface area contributed by atoms with Gasteiger partial charge in [0.2, 0.25) is 0 Å². The second-order valence-corrected chi connectivity index (χ2v) is 6.62. The summed E-state index contributed by atoms with van der Waals surface area (Å²) in [6.07, 6.45) is 3.61. The fraction of sp³-hybridized carbons (Fsp3) is 0.400. The average molecular weight is 290 g/mol. The van der Waals surface area contributed by atoms with E-state index in [2.05, 4.69) is 4.98 Å². The lowest BCUT2D eigenvalue weighted by atomic mass is 9.77. The monoisotopic (exact) mass is 289 g/mol. The fourth-order valence-electron chi connectivity index (χ4n) is 2.33. The van der Waals surface area contributed by atoms with Crippen LogP contribution in [-0.4, -0.2) is 23.3 Å². The Hall–Kier alpha value is -1.10. The maximum absolute atomic E-state index is 6.09. The summed E-state index contributed by atoms with van der Waals surface area (Å²) in [5.41, 5.74) is 0.233. The molecule has 1 aromatic heterocycles. The molecule has 2 aromatic rings. The summed E-state index contributed by atoms with van der Waals surface area (Å²) in [6.45, 7) is 8.18. The standard InChI is InChI=1S/C15H17BClNO2/c1-14(2)15(3,4)20-16(19-14)13-9-18-8-10-7-11(17)5-6-12(10)13/h5-9H,1-4H3. The summed E-state index contributed by atoms with van der Waals surface area (Å²) >= 11 is 6.03. The summed E-state index contributed by atoms with van der Waals surface area (Å²) < 4.78 is 12.2. The van der Waals surface area contributed by atoms with E-state index in [4.69, 9.17) is 20.9 Å². The topological polar surface area (TPSA) is 31.4 Å². The second kappa shape index (κ2) is 4.45. The van der Waals surface area contributed by atoms with Crippen LogP contribution in [0.4, 0.5) is 0 Å². The van der Waals surface area contributed by atoms with E-state index in [9.17, 15) is 0 Å². The normalized spacial score (nSPS) is 20.6. The SMILES string of the molecule is CC1(C)OB(c2cncc3cc(Cl)ccc23)OC1(C)C.